The summed E-state index contributed by atoms with van der Waals surface area (Å²) in [6, 6.07) is 9.15. The first-order valence-corrected chi connectivity index (χ1v) is 8.03. The van der Waals surface area contributed by atoms with Gasteiger partial charge in [-0.2, -0.15) is 11.8 Å². The topological polar surface area (TPSA) is 32.3 Å². The quantitative estimate of drug-likeness (QED) is 0.803. The molecule has 0 bridgehead atoms. The highest BCUT2D eigenvalue weighted by atomic mass is 32.2. The number of nitrogens with one attached hydrogen (secondary N) is 1. The monoisotopic (exact) mass is 281 g/mol. The van der Waals surface area contributed by atoms with Crippen LogP contribution in [0.5, 0.6) is 0 Å². The Bertz CT molecular complexity index is 364. The molecule has 0 saturated heterocycles. The lowest BCUT2D eigenvalue weighted by molar-refractivity contribution is 0.196. The molecule has 4 atom stereocenters. The second-order valence-electron chi connectivity index (χ2n) is 5.15. The smallest absolute Gasteiger partial charge is 0.0628 e. The van der Waals surface area contributed by atoms with E-state index in [1.165, 1.54) is 11.1 Å². The molecule has 0 saturated carbocycles. The number of thioether (sulfide) groups is 1. The van der Waals surface area contributed by atoms with Gasteiger partial charge in [-0.15, -0.1) is 0 Å². The first kappa shape index (κ1) is 16.5. The van der Waals surface area contributed by atoms with Crippen molar-refractivity contribution in [2.45, 2.75) is 56.8 Å². The third-order valence-corrected chi connectivity index (χ3v) is 5.16. The van der Waals surface area contributed by atoms with Gasteiger partial charge in [-0.05, 0) is 31.5 Å². The van der Waals surface area contributed by atoms with Crippen molar-refractivity contribution in [1.82, 2.24) is 5.32 Å². The molecule has 2 nitrogen and oxygen atoms in total. The molecule has 4 unspecified atom stereocenters. The van der Waals surface area contributed by atoms with Crippen molar-refractivity contribution in [2.75, 3.05) is 7.05 Å². The standard InChI is InChI=1S/C16H27NOS/c1-6-14-7-9-15(10-8-14)16(17-5)13(4)19-12(3)11(2)18/h7-13,16-18H,6H2,1-5H3. The van der Waals surface area contributed by atoms with Crippen molar-refractivity contribution in [3.63, 3.8) is 0 Å². The Morgan fingerprint density at radius 1 is 1.11 bits per heavy atom. The SMILES string of the molecule is CCc1ccc(C(NC)C(C)SC(C)C(C)O)cc1. The molecule has 0 aliphatic heterocycles. The van der Waals surface area contributed by atoms with E-state index in [1.54, 1.807) is 0 Å². The number of aliphatic hydroxyl groups excluding tert-OH is 1. The van der Waals surface area contributed by atoms with Crippen molar-refractivity contribution in [1.29, 1.82) is 0 Å². The van der Waals surface area contributed by atoms with Gasteiger partial charge >= 0.3 is 0 Å². The first-order valence-electron chi connectivity index (χ1n) is 7.09. The summed E-state index contributed by atoms with van der Waals surface area (Å²) in [4.78, 5) is 0. The van der Waals surface area contributed by atoms with Crippen LogP contribution in [0, 0.1) is 0 Å². The van der Waals surface area contributed by atoms with Crippen LogP contribution >= 0.6 is 11.8 Å². The normalized spacial score (nSPS) is 17.8. The number of benzene rings is 1. The van der Waals surface area contributed by atoms with Crippen LogP contribution < -0.4 is 5.32 Å². The van der Waals surface area contributed by atoms with Gasteiger partial charge in [0.1, 0.15) is 0 Å². The molecule has 3 heteroatoms. The molecule has 0 spiro atoms. The van der Waals surface area contributed by atoms with E-state index in [1.807, 2.05) is 25.7 Å². The fraction of sp³-hybridized carbons (Fsp3) is 0.625. The molecule has 0 aromatic heterocycles. The molecule has 0 fully saturated rings. The lowest BCUT2D eigenvalue weighted by atomic mass is 10.0. The van der Waals surface area contributed by atoms with Crippen molar-refractivity contribution in [3.8, 4) is 0 Å². The molecule has 19 heavy (non-hydrogen) atoms. The van der Waals surface area contributed by atoms with Crippen LogP contribution in [0.2, 0.25) is 0 Å². The van der Waals surface area contributed by atoms with E-state index >= 15 is 0 Å². The van der Waals surface area contributed by atoms with E-state index < -0.39 is 0 Å². The summed E-state index contributed by atoms with van der Waals surface area (Å²) in [5, 5.41) is 13.7. The average Bonchev–Trinajstić information content (AvgIpc) is 2.40. The fourth-order valence-electron chi connectivity index (χ4n) is 2.16. The summed E-state index contributed by atoms with van der Waals surface area (Å²) < 4.78 is 0. The summed E-state index contributed by atoms with van der Waals surface area (Å²) in [7, 11) is 2.00. The third-order valence-electron chi connectivity index (χ3n) is 3.64. The minimum Gasteiger partial charge on any atom is -0.392 e. The summed E-state index contributed by atoms with van der Waals surface area (Å²) in [6.45, 7) is 8.33. The first-order chi connectivity index (χ1) is 8.99. The van der Waals surface area contributed by atoms with Crippen LogP contribution in [-0.2, 0) is 6.42 Å². The second kappa shape index (κ2) is 7.93. The summed E-state index contributed by atoms with van der Waals surface area (Å²) >= 11 is 1.83. The highest BCUT2D eigenvalue weighted by Crippen LogP contribution is 2.30. The molecule has 0 radical (unpaired) electrons. The second-order valence-corrected chi connectivity index (χ2v) is 6.91. The van der Waals surface area contributed by atoms with Crippen molar-refractivity contribution in [3.05, 3.63) is 35.4 Å². The van der Waals surface area contributed by atoms with Gasteiger partial charge in [0.25, 0.3) is 0 Å². The summed E-state index contributed by atoms with van der Waals surface area (Å²) in [6.07, 6.45) is 0.806. The maximum absolute atomic E-state index is 9.62. The van der Waals surface area contributed by atoms with Crippen LogP contribution in [0.25, 0.3) is 0 Å². The molecule has 2 N–H and O–H groups in total. The molecular formula is C16H27NOS. The Labute approximate surface area is 122 Å². The van der Waals surface area contributed by atoms with E-state index in [2.05, 4.69) is 50.4 Å². The molecular weight excluding hydrogens is 254 g/mol. The average molecular weight is 281 g/mol. The lowest BCUT2D eigenvalue weighted by Crippen LogP contribution is -2.28. The van der Waals surface area contributed by atoms with Gasteiger partial charge in [-0.3, -0.25) is 0 Å². The van der Waals surface area contributed by atoms with Gasteiger partial charge in [0.15, 0.2) is 0 Å². The van der Waals surface area contributed by atoms with Crippen molar-refractivity contribution < 1.29 is 5.11 Å². The van der Waals surface area contributed by atoms with Gasteiger partial charge in [0.2, 0.25) is 0 Å². The zero-order valence-corrected chi connectivity index (χ0v) is 13.5. The molecule has 0 aliphatic rings. The predicted octanol–water partition coefficient (Wildman–Crippen LogP) is 3.40. The molecule has 1 rings (SSSR count). The fourth-order valence-corrected chi connectivity index (χ4v) is 3.52. The summed E-state index contributed by atoms with van der Waals surface area (Å²) in [5.74, 6) is 0. The van der Waals surface area contributed by atoms with Crippen molar-refractivity contribution >= 4 is 11.8 Å². The highest BCUT2D eigenvalue weighted by Gasteiger charge is 2.22. The van der Waals surface area contributed by atoms with Gasteiger partial charge in [-0.25, -0.2) is 0 Å². The van der Waals surface area contributed by atoms with Gasteiger partial charge in [0.05, 0.1) is 6.10 Å². The Balaban J connectivity index is 2.75. The van der Waals surface area contributed by atoms with E-state index in [0.717, 1.165) is 6.42 Å². The van der Waals surface area contributed by atoms with Gasteiger partial charge < -0.3 is 10.4 Å². The van der Waals surface area contributed by atoms with Crippen LogP contribution in [0.1, 0.15) is 44.9 Å². The maximum atomic E-state index is 9.62. The Hall–Kier alpha value is -0.510. The van der Waals surface area contributed by atoms with Gasteiger partial charge in [0, 0.05) is 16.5 Å². The molecule has 108 valence electrons. The number of aliphatic hydroxyl groups is 1. The van der Waals surface area contributed by atoms with Crippen LogP contribution in [0.3, 0.4) is 0 Å². The van der Waals surface area contributed by atoms with E-state index in [0.29, 0.717) is 11.3 Å². The lowest BCUT2D eigenvalue weighted by Gasteiger charge is -2.27. The Morgan fingerprint density at radius 2 is 1.68 bits per heavy atom. The van der Waals surface area contributed by atoms with Crippen molar-refractivity contribution in [2.24, 2.45) is 0 Å². The van der Waals surface area contributed by atoms with Crippen LogP contribution in [0.4, 0.5) is 0 Å². The molecule has 1 aromatic carbocycles. The molecule has 0 heterocycles. The number of rotatable bonds is 7. The van der Waals surface area contributed by atoms with E-state index in [-0.39, 0.29) is 11.4 Å². The molecule has 1 aromatic rings. The van der Waals surface area contributed by atoms with Crippen LogP contribution in [0.15, 0.2) is 24.3 Å². The summed E-state index contributed by atoms with van der Waals surface area (Å²) in [5.41, 5.74) is 2.69. The zero-order chi connectivity index (χ0) is 14.4. The molecule has 0 amide bonds. The zero-order valence-electron chi connectivity index (χ0n) is 12.7. The van der Waals surface area contributed by atoms with E-state index in [4.69, 9.17) is 0 Å². The largest absolute Gasteiger partial charge is 0.392 e. The number of aryl methyl sites for hydroxylation is 1. The Kier molecular flexibility index (Phi) is 6.90. The minimum absolute atomic E-state index is 0.251. The van der Waals surface area contributed by atoms with E-state index in [9.17, 15) is 5.11 Å². The Morgan fingerprint density at radius 3 is 2.11 bits per heavy atom. The minimum atomic E-state index is -0.271. The predicted molar refractivity (Wildman–Crippen MR) is 85.8 cm³/mol. The maximum Gasteiger partial charge on any atom is 0.0628 e. The third kappa shape index (κ3) is 4.83. The van der Waals surface area contributed by atoms with Crippen LogP contribution in [-0.4, -0.2) is 28.8 Å². The number of hydrogen-bond donors (Lipinski definition) is 2. The highest BCUT2D eigenvalue weighted by molar-refractivity contribution is 8.00. The molecule has 0 aliphatic carbocycles. The number of hydrogen-bond acceptors (Lipinski definition) is 3. The van der Waals surface area contributed by atoms with Gasteiger partial charge in [-0.1, -0.05) is 45.0 Å².